The molecular formula is C11H20O4. The first-order valence-corrected chi connectivity index (χ1v) is 5.43. The summed E-state index contributed by atoms with van der Waals surface area (Å²) in [5.41, 5.74) is -0.711. The molecule has 15 heavy (non-hydrogen) atoms. The van der Waals surface area contributed by atoms with E-state index in [0.29, 0.717) is 26.1 Å². The lowest BCUT2D eigenvalue weighted by Crippen LogP contribution is -2.33. The molecule has 1 heterocycles. The summed E-state index contributed by atoms with van der Waals surface area (Å²) < 4.78 is 11.1. The van der Waals surface area contributed by atoms with Gasteiger partial charge in [-0.2, -0.15) is 0 Å². The van der Waals surface area contributed by atoms with Gasteiger partial charge in [-0.25, -0.2) is 0 Å². The van der Waals surface area contributed by atoms with Crippen LogP contribution in [-0.4, -0.2) is 30.1 Å². The lowest BCUT2D eigenvalue weighted by atomic mass is 9.85. The maximum atomic E-state index is 10.9. The van der Waals surface area contributed by atoms with Crippen LogP contribution >= 0.6 is 0 Å². The van der Waals surface area contributed by atoms with E-state index in [4.69, 9.17) is 14.6 Å². The number of hydrogen-bond donors (Lipinski definition) is 1. The van der Waals surface area contributed by atoms with Crippen LogP contribution in [0.15, 0.2) is 0 Å². The Bertz CT molecular complexity index is 229. The van der Waals surface area contributed by atoms with Crippen LogP contribution in [0.3, 0.4) is 0 Å². The highest BCUT2D eigenvalue weighted by molar-refractivity contribution is 5.73. The smallest absolute Gasteiger partial charge is 0.309 e. The van der Waals surface area contributed by atoms with Gasteiger partial charge in [0.05, 0.1) is 18.6 Å². The SMILES string of the molecule is CCC1(CCC(C)(C)C(=O)O)OCCO1. The monoisotopic (exact) mass is 216 g/mol. The van der Waals surface area contributed by atoms with Crippen LogP contribution in [0, 0.1) is 5.41 Å². The van der Waals surface area contributed by atoms with Crippen molar-refractivity contribution in [3.05, 3.63) is 0 Å². The van der Waals surface area contributed by atoms with Crippen molar-refractivity contribution in [3.63, 3.8) is 0 Å². The number of hydrogen-bond acceptors (Lipinski definition) is 3. The summed E-state index contributed by atoms with van der Waals surface area (Å²) >= 11 is 0. The Hall–Kier alpha value is -0.610. The molecule has 0 bridgehead atoms. The summed E-state index contributed by atoms with van der Waals surface area (Å²) in [6.07, 6.45) is 1.97. The zero-order chi connectivity index (χ0) is 11.5. The molecule has 0 aromatic heterocycles. The van der Waals surface area contributed by atoms with E-state index >= 15 is 0 Å². The van der Waals surface area contributed by atoms with E-state index < -0.39 is 17.2 Å². The topological polar surface area (TPSA) is 55.8 Å². The highest BCUT2D eigenvalue weighted by atomic mass is 16.7. The van der Waals surface area contributed by atoms with Crippen LogP contribution in [0.1, 0.15) is 40.0 Å². The van der Waals surface area contributed by atoms with Gasteiger partial charge in [-0.05, 0) is 26.7 Å². The Morgan fingerprint density at radius 1 is 1.40 bits per heavy atom. The fraction of sp³-hybridized carbons (Fsp3) is 0.909. The molecule has 0 saturated carbocycles. The second kappa shape index (κ2) is 4.49. The van der Waals surface area contributed by atoms with Gasteiger partial charge in [0, 0.05) is 6.42 Å². The molecular weight excluding hydrogens is 196 g/mol. The van der Waals surface area contributed by atoms with Gasteiger partial charge >= 0.3 is 5.97 Å². The van der Waals surface area contributed by atoms with E-state index in [-0.39, 0.29) is 0 Å². The second-order valence-corrected chi connectivity index (χ2v) is 4.65. The quantitative estimate of drug-likeness (QED) is 0.764. The molecule has 0 amide bonds. The molecule has 0 atom stereocenters. The lowest BCUT2D eigenvalue weighted by Gasteiger charge is -2.29. The van der Waals surface area contributed by atoms with Crippen LogP contribution in [0.25, 0.3) is 0 Å². The zero-order valence-corrected chi connectivity index (χ0v) is 9.71. The van der Waals surface area contributed by atoms with Crippen molar-refractivity contribution in [1.29, 1.82) is 0 Å². The Morgan fingerprint density at radius 3 is 2.33 bits per heavy atom. The Balaban J connectivity index is 2.51. The first-order valence-electron chi connectivity index (χ1n) is 5.43. The summed E-state index contributed by atoms with van der Waals surface area (Å²) in [6, 6.07) is 0. The van der Waals surface area contributed by atoms with Gasteiger partial charge < -0.3 is 14.6 Å². The standard InChI is InChI=1S/C11H20O4/c1-4-11(14-7-8-15-11)6-5-10(2,3)9(12)13/h4-8H2,1-3H3,(H,12,13). The van der Waals surface area contributed by atoms with Crippen molar-refractivity contribution in [2.24, 2.45) is 5.41 Å². The molecule has 0 spiro atoms. The van der Waals surface area contributed by atoms with Crippen molar-refractivity contribution in [2.75, 3.05) is 13.2 Å². The molecule has 0 aliphatic carbocycles. The average Bonchev–Trinajstić information content (AvgIpc) is 2.64. The van der Waals surface area contributed by atoms with Gasteiger partial charge in [-0.1, -0.05) is 6.92 Å². The van der Waals surface area contributed by atoms with E-state index in [1.165, 1.54) is 0 Å². The van der Waals surface area contributed by atoms with Gasteiger partial charge in [-0.3, -0.25) is 4.79 Å². The second-order valence-electron chi connectivity index (χ2n) is 4.65. The molecule has 0 aromatic carbocycles. The summed E-state index contributed by atoms with van der Waals surface area (Å²) in [7, 11) is 0. The van der Waals surface area contributed by atoms with E-state index in [1.807, 2.05) is 6.92 Å². The minimum absolute atomic E-state index is 0.535. The van der Waals surface area contributed by atoms with Gasteiger partial charge in [0.2, 0.25) is 0 Å². The molecule has 4 heteroatoms. The third kappa shape index (κ3) is 2.92. The number of carboxylic acid groups (broad SMARTS) is 1. The minimum atomic E-state index is -0.772. The molecule has 0 aromatic rings. The Morgan fingerprint density at radius 2 is 1.93 bits per heavy atom. The maximum Gasteiger partial charge on any atom is 0.309 e. The fourth-order valence-corrected chi connectivity index (χ4v) is 1.63. The predicted octanol–water partition coefficient (Wildman–Crippen LogP) is 2.03. The Labute approximate surface area is 90.6 Å². The fourth-order valence-electron chi connectivity index (χ4n) is 1.63. The number of ether oxygens (including phenoxy) is 2. The lowest BCUT2D eigenvalue weighted by molar-refractivity contribution is -0.171. The predicted molar refractivity (Wildman–Crippen MR) is 55.6 cm³/mol. The molecule has 0 radical (unpaired) electrons. The normalized spacial score (nSPS) is 20.5. The third-order valence-electron chi connectivity index (χ3n) is 3.06. The Kier molecular flexibility index (Phi) is 3.73. The van der Waals surface area contributed by atoms with Crippen LogP contribution in [-0.2, 0) is 14.3 Å². The summed E-state index contributed by atoms with van der Waals surface area (Å²) in [6.45, 7) is 6.68. The van der Waals surface area contributed by atoms with Crippen molar-refractivity contribution in [1.82, 2.24) is 0 Å². The first-order chi connectivity index (χ1) is 6.92. The van der Waals surface area contributed by atoms with Crippen LogP contribution in [0.5, 0.6) is 0 Å². The highest BCUT2D eigenvalue weighted by Gasteiger charge is 2.38. The van der Waals surface area contributed by atoms with E-state index in [9.17, 15) is 4.79 Å². The molecule has 1 rings (SSSR count). The number of rotatable bonds is 5. The number of carboxylic acids is 1. The number of carbonyl (C=O) groups is 1. The van der Waals surface area contributed by atoms with Crippen LogP contribution < -0.4 is 0 Å². The van der Waals surface area contributed by atoms with Crippen molar-refractivity contribution >= 4 is 5.97 Å². The molecule has 1 N–H and O–H groups in total. The highest BCUT2D eigenvalue weighted by Crippen LogP contribution is 2.33. The summed E-state index contributed by atoms with van der Waals surface area (Å²) in [5.74, 6) is -1.31. The molecule has 1 aliphatic heterocycles. The van der Waals surface area contributed by atoms with Crippen molar-refractivity contribution in [2.45, 2.75) is 45.8 Å². The summed E-state index contributed by atoms with van der Waals surface area (Å²) in [5, 5.41) is 8.99. The van der Waals surface area contributed by atoms with E-state index in [2.05, 4.69) is 0 Å². The van der Waals surface area contributed by atoms with Crippen LogP contribution in [0.2, 0.25) is 0 Å². The first kappa shape index (κ1) is 12.5. The molecule has 1 aliphatic rings. The van der Waals surface area contributed by atoms with Crippen molar-refractivity contribution in [3.8, 4) is 0 Å². The molecule has 0 unspecified atom stereocenters. The zero-order valence-electron chi connectivity index (χ0n) is 9.71. The number of aliphatic carboxylic acids is 1. The molecule has 88 valence electrons. The molecule has 1 saturated heterocycles. The maximum absolute atomic E-state index is 10.9. The van der Waals surface area contributed by atoms with Crippen LogP contribution in [0.4, 0.5) is 0 Å². The largest absolute Gasteiger partial charge is 0.481 e. The van der Waals surface area contributed by atoms with Gasteiger partial charge in [0.25, 0.3) is 0 Å². The van der Waals surface area contributed by atoms with E-state index in [0.717, 1.165) is 6.42 Å². The van der Waals surface area contributed by atoms with Gasteiger partial charge in [0.1, 0.15) is 0 Å². The van der Waals surface area contributed by atoms with Crippen molar-refractivity contribution < 1.29 is 19.4 Å². The van der Waals surface area contributed by atoms with Gasteiger partial charge in [0.15, 0.2) is 5.79 Å². The summed E-state index contributed by atoms with van der Waals surface area (Å²) in [4.78, 5) is 10.9. The molecule has 1 fully saturated rings. The average molecular weight is 216 g/mol. The van der Waals surface area contributed by atoms with Gasteiger partial charge in [-0.15, -0.1) is 0 Å². The molecule has 4 nitrogen and oxygen atoms in total. The third-order valence-corrected chi connectivity index (χ3v) is 3.06. The minimum Gasteiger partial charge on any atom is -0.481 e. The van der Waals surface area contributed by atoms with E-state index in [1.54, 1.807) is 13.8 Å².